The predicted molar refractivity (Wildman–Crippen MR) is 94.5 cm³/mol. The van der Waals surface area contributed by atoms with Crippen molar-refractivity contribution in [3.05, 3.63) is 15.6 Å². The van der Waals surface area contributed by atoms with Gasteiger partial charge in [0, 0.05) is 18.0 Å². The van der Waals surface area contributed by atoms with Crippen LogP contribution >= 0.6 is 11.3 Å². The van der Waals surface area contributed by atoms with E-state index < -0.39 is 12.1 Å². The summed E-state index contributed by atoms with van der Waals surface area (Å²) in [5, 5.41) is 0.762. The Morgan fingerprint density at radius 1 is 1.31 bits per heavy atom. The molecule has 0 aromatic carbocycles. The van der Waals surface area contributed by atoms with Crippen LogP contribution in [0.5, 0.6) is 0 Å². The molecule has 1 atom stereocenters. The number of carbonyl (C=O) groups excluding carboxylic acids is 1. The minimum Gasteiger partial charge on any atom is -0.369 e. The van der Waals surface area contributed by atoms with E-state index in [1.807, 2.05) is 0 Å². The maximum Gasteiger partial charge on any atom is 0.391 e. The number of nitrogens with zero attached hydrogens (tertiary/aromatic N) is 2. The minimum atomic E-state index is -4.05. The van der Waals surface area contributed by atoms with Gasteiger partial charge in [-0.05, 0) is 37.5 Å². The number of fused-ring (bicyclic) bond motifs is 1. The summed E-state index contributed by atoms with van der Waals surface area (Å²) in [6.45, 7) is 5.87. The first-order valence-corrected chi connectivity index (χ1v) is 10.0. The summed E-state index contributed by atoms with van der Waals surface area (Å²) >= 11 is 1.54. The topological polar surface area (TPSA) is 59.2 Å². The van der Waals surface area contributed by atoms with E-state index in [9.17, 15) is 18.0 Å². The number of amides is 1. The molecule has 2 aliphatic rings. The van der Waals surface area contributed by atoms with Crippen LogP contribution < -0.4 is 5.73 Å². The van der Waals surface area contributed by atoms with Crippen LogP contribution in [-0.2, 0) is 17.8 Å². The van der Waals surface area contributed by atoms with Gasteiger partial charge in [-0.15, -0.1) is 11.3 Å². The molecule has 0 bridgehead atoms. The molecule has 1 aromatic rings. The van der Waals surface area contributed by atoms with E-state index in [4.69, 9.17) is 5.73 Å². The molecule has 0 unspecified atom stereocenters. The van der Waals surface area contributed by atoms with Crippen LogP contribution in [0.25, 0.3) is 0 Å². The summed E-state index contributed by atoms with van der Waals surface area (Å²) in [5.74, 6) is -0.838. The minimum absolute atomic E-state index is 0.170. The molecule has 0 spiro atoms. The molecule has 1 amide bonds. The van der Waals surface area contributed by atoms with Crippen molar-refractivity contribution in [2.75, 3.05) is 6.54 Å². The number of aromatic nitrogens is 1. The molecule has 1 aromatic heterocycles. The van der Waals surface area contributed by atoms with Gasteiger partial charge >= 0.3 is 6.18 Å². The number of alkyl halides is 3. The largest absolute Gasteiger partial charge is 0.391 e. The maximum absolute atomic E-state index is 12.9. The molecule has 3 rings (SSSR count). The maximum atomic E-state index is 12.9. The molecule has 2 heterocycles. The lowest BCUT2D eigenvalue weighted by Crippen LogP contribution is -2.35. The second-order valence-corrected chi connectivity index (χ2v) is 9.10. The molecule has 26 heavy (non-hydrogen) atoms. The van der Waals surface area contributed by atoms with E-state index in [0.29, 0.717) is 24.7 Å². The molecule has 1 aliphatic carbocycles. The summed E-state index contributed by atoms with van der Waals surface area (Å²) in [5.41, 5.74) is 6.30. The van der Waals surface area contributed by atoms with Crippen LogP contribution in [0.2, 0.25) is 0 Å². The molecule has 1 saturated carbocycles. The number of primary amides is 1. The molecular formula is C18H26F3N3OS. The number of thiazole rings is 1. The van der Waals surface area contributed by atoms with Crippen molar-refractivity contribution in [3.8, 4) is 0 Å². The van der Waals surface area contributed by atoms with E-state index in [-0.39, 0.29) is 31.2 Å². The molecule has 1 fully saturated rings. The van der Waals surface area contributed by atoms with Crippen LogP contribution in [0.3, 0.4) is 0 Å². The van der Waals surface area contributed by atoms with E-state index in [2.05, 4.69) is 23.7 Å². The Morgan fingerprint density at radius 2 is 1.96 bits per heavy atom. The van der Waals surface area contributed by atoms with Crippen LogP contribution in [-0.4, -0.2) is 28.5 Å². The normalized spacial score (nSPS) is 27.1. The van der Waals surface area contributed by atoms with Gasteiger partial charge in [-0.25, -0.2) is 4.98 Å². The van der Waals surface area contributed by atoms with Gasteiger partial charge in [-0.1, -0.05) is 13.8 Å². The highest BCUT2D eigenvalue weighted by atomic mass is 32.1. The molecule has 0 radical (unpaired) electrons. The molecule has 8 heteroatoms. The Balaban J connectivity index is 1.64. The van der Waals surface area contributed by atoms with Crippen molar-refractivity contribution in [1.82, 2.24) is 9.88 Å². The first-order valence-electron chi connectivity index (χ1n) is 9.22. The smallest absolute Gasteiger partial charge is 0.369 e. The lowest BCUT2D eigenvalue weighted by atomic mass is 9.81. The lowest BCUT2D eigenvalue weighted by molar-refractivity contribution is -0.184. The zero-order chi connectivity index (χ0) is 19.1. The monoisotopic (exact) mass is 389 g/mol. The zero-order valence-corrected chi connectivity index (χ0v) is 16.0. The third-order valence-electron chi connectivity index (χ3n) is 5.55. The van der Waals surface area contributed by atoms with Crippen LogP contribution in [0.4, 0.5) is 13.2 Å². The number of carbonyl (C=O) groups is 1. The third-order valence-corrected chi connectivity index (χ3v) is 6.61. The van der Waals surface area contributed by atoms with Gasteiger partial charge in [-0.2, -0.15) is 13.2 Å². The number of hydrogen-bond acceptors (Lipinski definition) is 4. The summed E-state index contributed by atoms with van der Waals surface area (Å²) in [7, 11) is 0. The zero-order valence-electron chi connectivity index (χ0n) is 15.2. The third kappa shape index (κ3) is 4.22. The second-order valence-electron chi connectivity index (χ2n) is 7.94. The van der Waals surface area contributed by atoms with E-state index in [1.54, 1.807) is 0 Å². The first kappa shape index (κ1) is 19.6. The van der Waals surface area contributed by atoms with Crippen molar-refractivity contribution in [1.29, 1.82) is 0 Å². The Kier molecular flexibility index (Phi) is 5.63. The summed E-state index contributed by atoms with van der Waals surface area (Å²) in [6, 6.07) is 0.170. The van der Waals surface area contributed by atoms with Crippen molar-refractivity contribution in [3.63, 3.8) is 0 Å². The highest BCUT2D eigenvalue weighted by Crippen LogP contribution is 2.44. The van der Waals surface area contributed by atoms with Crippen molar-refractivity contribution < 1.29 is 18.0 Å². The molecule has 146 valence electrons. The van der Waals surface area contributed by atoms with Gasteiger partial charge in [0.1, 0.15) is 5.01 Å². The summed E-state index contributed by atoms with van der Waals surface area (Å²) < 4.78 is 38.6. The molecule has 4 nitrogen and oxygen atoms in total. The van der Waals surface area contributed by atoms with Crippen molar-refractivity contribution in [2.24, 2.45) is 23.5 Å². The van der Waals surface area contributed by atoms with Gasteiger partial charge in [0.2, 0.25) is 5.91 Å². The van der Waals surface area contributed by atoms with Crippen LogP contribution in [0.15, 0.2) is 0 Å². The van der Waals surface area contributed by atoms with Crippen LogP contribution in [0, 0.1) is 17.8 Å². The fourth-order valence-electron chi connectivity index (χ4n) is 4.36. The molecular weight excluding hydrogens is 363 g/mol. The number of halogens is 3. The Bertz CT molecular complexity index is 651. The number of rotatable bonds is 5. The van der Waals surface area contributed by atoms with Gasteiger partial charge < -0.3 is 5.73 Å². The SMILES string of the molecule is CC(C)[C@H]1c2nc(CC(N)=O)sc2CN1CC1CCC(C(F)(F)F)CC1. The average Bonchev–Trinajstić information content (AvgIpc) is 3.02. The molecule has 2 N–H and O–H groups in total. The highest BCUT2D eigenvalue weighted by molar-refractivity contribution is 7.11. The Labute approximate surface area is 156 Å². The predicted octanol–water partition coefficient (Wildman–Crippen LogP) is 4.05. The van der Waals surface area contributed by atoms with Crippen molar-refractivity contribution >= 4 is 17.2 Å². The van der Waals surface area contributed by atoms with E-state index in [1.165, 1.54) is 16.2 Å². The average molecular weight is 389 g/mol. The van der Waals surface area contributed by atoms with Crippen LogP contribution in [0.1, 0.15) is 61.2 Å². The first-order chi connectivity index (χ1) is 12.1. The number of hydrogen-bond donors (Lipinski definition) is 1. The molecule has 0 saturated heterocycles. The second kappa shape index (κ2) is 7.46. The fourth-order valence-corrected chi connectivity index (χ4v) is 5.50. The Morgan fingerprint density at radius 3 is 2.50 bits per heavy atom. The summed E-state index contributed by atoms with van der Waals surface area (Å²) in [4.78, 5) is 19.3. The van der Waals surface area contributed by atoms with E-state index in [0.717, 1.165) is 23.8 Å². The van der Waals surface area contributed by atoms with Gasteiger partial charge in [0.15, 0.2) is 0 Å². The quantitative estimate of drug-likeness (QED) is 0.826. The van der Waals surface area contributed by atoms with E-state index >= 15 is 0 Å². The molecule has 1 aliphatic heterocycles. The summed E-state index contributed by atoms with van der Waals surface area (Å²) in [6.07, 6.45) is -2.11. The van der Waals surface area contributed by atoms with Gasteiger partial charge in [0.05, 0.1) is 24.1 Å². The highest BCUT2D eigenvalue weighted by Gasteiger charge is 2.43. The van der Waals surface area contributed by atoms with Crippen molar-refractivity contribution in [2.45, 2.75) is 64.7 Å². The van der Waals surface area contributed by atoms with Gasteiger partial charge in [-0.3, -0.25) is 9.69 Å². The fraction of sp³-hybridized carbons (Fsp3) is 0.778. The lowest BCUT2D eigenvalue weighted by Gasteiger charge is -2.35. The number of nitrogens with two attached hydrogens (primary N) is 1. The van der Waals surface area contributed by atoms with Gasteiger partial charge in [0.25, 0.3) is 0 Å². The standard InChI is InChI=1S/C18H26F3N3OS/c1-10(2)17-16-13(26-15(23-16)7-14(22)25)9-24(17)8-11-3-5-12(6-4-11)18(19,20)21/h10-12,17H,3-9H2,1-2H3,(H2,22,25)/t11?,12?,17-/m0/s1. The Hall–Kier alpha value is -1.15.